The monoisotopic (exact) mass is 384 g/mol. The van der Waals surface area contributed by atoms with Gasteiger partial charge < -0.3 is 21.3 Å². The maximum atomic E-state index is 11.7. The second-order valence-electron chi connectivity index (χ2n) is 6.34. The van der Waals surface area contributed by atoms with Gasteiger partial charge in [0.2, 0.25) is 0 Å². The zero-order valence-corrected chi connectivity index (χ0v) is 16.0. The Morgan fingerprint density at radius 2 is 1.00 bits per heavy atom. The largest absolute Gasteiger partial charge is 0.338 e. The molecule has 2 aromatic rings. The van der Waals surface area contributed by atoms with Crippen LogP contribution in [0.1, 0.15) is 36.8 Å². The topological polar surface area (TPSA) is 108 Å². The van der Waals surface area contributed by atoms with Crippen LogP contribution in [-0.4, -0.2) is 35.1 Å². The minimum absolute atomic E-state index is 0.163. The molecule has 0 saturated heterocycles. The summed E-state index contributed by atoms with van der Waals surface area (Å²) in [4.78, 5) is 31.3. The average molecular weight is 384 g/mol. The molecular weight excluding hydrogens is 356 g/mol. The van der Waals surface area contributed by atoms with Crippen LogP contribution in [0.5, 0.6) is 0 Å². The third kappa shape index (κ3) is 9.51. The molecule has 4 amide bonds. The van der Waals surface area contributed by atoms with Gasteiger partial charge in [0, 0.05) is 51.0 Å². The summed E-state index contributed by atoms with van der Waals surface area (Å²) in [7, 11) is 0. The highest BCUT2D eigenvalue weighted by Gasteiger charge is 2.01. The van der Waals surface area contributed by atoms with E-state index < -0.39 is 0 Å². The quantitative estimate of drug-likeness (QED) is 0.446. The molecule has 150 valence electrons. The van der Waals surface area contributed by atoms with Gasteiger partial charge in [-0.15, -0.1) is 0 Å². The van der Waals surface area contributed by atoms with E-state index in [-0.39, 0.29) is 12.1 Å². The molecule has 0 fully saturated rings. The first kappa shape index (κ1) is 21.1. The van der Waals surface area contributed by atoms with Crippen LogP contribution in [-0.2, 0) is 13.1 Å². The summed E-state index contributed by atoms with van der Waals surface area (Å²) < 4.78 is 0. The van der Waals surface area contributed by atoms with Gasteiger partial charge in [-0.2, -0.15) is 0 Å². The second kappa shape index (κ2) is 13.1. The Hall–Kier alpha value is -3.16. The second-order valence-corrected chi connectivity index (χ2v) is 6.34. The van der Waals surface area contributed by atoms with Crippen molar-refractivity contribution in [1.29, 1.82) is 0 Å². The normalized spacial score (nSPS) is 10.1. The van der Waals surface area contributed by atoms with Gasteiger partial charge in [0.1, 0.15) is 0 Å². The van der Waals surface area contributed by atoms with Crippen LogP contribution < -0.4 is 21.3 Å². The molecule has 0 radical (unpaired) electrons. The highest BCUT2D eigenvalue weighted by Crippen LogP contribution is 1.99. The number of urea groups is 2. The van der Waals surface area contributed by atoms with Gasteiger partial charge in [-0.25, -0.2) is 9.59 Å². The van der Waals surface area contributed by atoms with E-state index >= 15 is 0 Å². The van der Waals surface area contributed by atoms with Gasteiger partial charge in [0.05, 0.1) is 0 Å². The summed E-state index contributed by atoms with van der Waals surface area (Å²) >= 11 is 0. The van der Waals surface area contributed by atoms with E-state index in [1.807, 2.05) is 24.3 Å². The Labute approximate surface area is 165 Å². The summed E-state index contributed by atoms with van der Waals surface area (Å²) in [6, 6.07) is 7.15. The highest BCUT2D eigenvalue weighted by atomic mass is 16.2. The molecule has 0 spiro atoms. The van der Waals surface area contributed by atoms with Gasteiger partial charge >= 0.3 is 12.1 Å². The van der Waals surface area contributed by atoms with Crippen molar-refractivity contribution in [3.05, 3.63) is 60.2 Å². The number of nitrogens with one attached hydrogen (secondary N) is 4. The first-order valence-electron chi connectivity index (χ1n) is 9.55. The van der Waals surface area contributed by atoms with Crippen molar-refractivity contribution in [2.24, 2.45) is 0 Å². The van der Waals surface area contributed by atoms with E-state index in [1.54, 1.807) is 24.8 Å². The van der Waals surface area contributed by atoms with Crippen molar-refractivity contribution < 1.29 is 9.59 Å². The summed E-state index contributed by atoms with van der Waals surface area (Å²) in [5.74, 6) is 0. The predicted molar refractivity (Wildman–Crippen MR) is 107 cm³/mol. The molecule has 0 aliphatic carbocycles. The molecule has 0 saturated carbocycles. The zero-order valence-electron chi connectivity index (χ0n) is 16.0. The molecule has 0 aliphatic heterocycles. The molecule has 0 aliphatic rings. The highest BCUT2D eigenvalue weighted by molar-refractivity contribution is 5.74. The Morgan fingerprint density at radius 1 is 0.607 bits per heavy atom. The van der Waals surface area contributed by atoms with Gasteiger partial charge in [0.25, 0.3) is 0 Å². The van der Waals surface area contributed by atoms with Crippen LogP contribution in [0.3, 0.4) is 0 Å². The van der Waals surface area contributed by atoms with Crippen LogP contribution in [0.2, 0.25) is 0 Å². The number of unbranched alkanes of at least 4 members (excludes halogenated alkanes) is 3. The molecular formula is C20H28N6O2. The number of nitrogens with zero attached hydrogens (tertiary/aromatic N) is 2. The third-order valence-electron chi connectivity index (χ3n) is 4.08. The molecule has 8 heteroatoms. The lowest BCUT2D eigenvalue weighted by atomic mass is 10.2. The van der Waals surface area contributed by atoms with E-state index in [0.29, 0.717) is 26.2 Å². The molecule has 28 heavy (non-hydrogen) atoms. The van der Waals surface area contributed by atoms with Gasteiger partial charge in [-0.1, -0.05) is 12.8 Å². The molecule has 2 heterocycles. The van der Waals surface area contributed by atoms with Crippen LogP contribution in [0, 0.1) is 0 Å². The van der Waals surface area contributed by atoms with Crippen LogP contribution in [0.4, 0.5) is 9.59 Å². The fraction of sp³-hybridized carbons (Fsp3) is 0.400. The molecule has 0 atom stereocenters. The zero-order chi connectivity index (χ0) is 19.9. The van der Waals surface area contributed by atoms with Crippen molar-refractivity contribution in [3.8, 4) is 0 Å². The fourth-order valence-electron chi connectivity index (χ4n) is 2.50. The Kier molecular flexibility index (Phi) is 9.87. The first-order valence-corrected chi connectivity index (χ1v) is 9.55. The summed E-state index contributed by atoms with van der Waals surface area (Å²) in [6.45, 7) is 2.26. The fourth-order valence-corrected chi connectivity index (χ4v) is 2.50. The van der Waals surface area contributed by atoms with E-state index in [2.05, 4.69) is 31.2 Å². The Bertz CT molecular complexity index is 635. The summed E-state index contributed by atoms with van der Waals surface area (Å²) in [5, 5.41) is 11.3. The van der Waals surface area contributed by atoms with Gasteiger partial charge in [-0.3, -0.25) is 9.97 Å². The number of carbonyl (C=O) groups excluding carboxylic acids is 2. The molecule has 2 aromatic heterocycles. The molecule has 0 aromatic carbocycles. The number of hydrogen-bond acceptors (Lipinski definition) is 4. The average Bonchev–Trinajstić information content (AvgIpc) is 2.74. The lowest BCUT2D eigenvalue weighted by Gasteiger charge is -2.08. The minimum atomic E-state index is -0.163. The third-order valence-corrected chi connectivity index (χ3v) is 4.08. The summed E-state index contributed by atoms with van der Waals surface area (Å²) in [5.41, 5.74) is 2.03. The molecule has 2 rings (SSSR count). The van der Waals surface area contributed by atoms with Crippen LogP contribution >= 0.6 is 0 Å². The van der Waals surface area contributed by atoms with Crippen molar-refractivity contribution in [2.45, 2.75) is 38.8 Å². The standard InChI is InChI=1S/C20H28N6O2/c27-19(25-15-17-5-11-21-12-6-17)23-9-3-1-2-4-10-24-20(28)26-16-18-7-13-22-14-8-18/h5-8,11-14H,1-4,9-10,15-16H2,(H2,23,25,27)(H2,24,26,28). The number of carbonyl (C=O) groups is 2. The SMILES string of the molecule is O=C(NCCCCCCNC(=O)NCc1ccncc1)NCc1ccncc1. The van der Waals surface area contributed by atoms with E-state index in [1.165, 1.54) is 0 Å². The Morgan fingerprint density at radius 3 is 1.39 bits per heavy atom. The van der Waals surface area contributed by atoms with Crippen molar-refractivity contribution in [2.75, 3.05) is 13.1 Å². The number of pyridine rings is 2. The minimum Gasteiger partial charge on any atom is -0.338 e. The summed E-state index contributed by atoms with van der Waals surface area (Å²) in [6.07, 6.45) is 10.6. The lowest BCUT2D eigenvalue weighted by molar-refractivity contribution is 0.239. The predicted octanol–water partition coefficient (Wildman–Crippen LogP) is 2.34. The molecule has 8 nitrogen and oxygen atoms in total. The van der Waals surface area contributed by atoms with E-state index in [4.69, 9.17) is 0 Å². The van der Waals surface area contributed by atoms with Crippen molar-refractivity contribution >= 4 is 12.1 Å². The maximum Gasteiger partial charge on any atom is 0.315 e. The maximum absolute atomic E-state index is 11.7. The molecule has 0 unspecified atom stereocenters. The van der Waals surface area contributed by atoms with Crippen molar-refractivity contribution in [3.63, 3.8) is 0 Å². The molecule has 4 N–H and O–H groups in total. The van der Waals surface area contributed by atoms with E-state index in [0.717, 1.165) is 36.8 Å². The lowest BCUT2D eigenvalue weighted by Crippen LogP contribution is -2.35. The van der Waals surface area contributed by atoms with Crippen LogP contribution in [0.15, 0.2) is 49.1 Å². The van der Waals surface area contributed by atoms with Gasteiger partial charge in [-0.05, 0) is 48.2 Å². The Balaban J connectivity index is 1.39. The smallest absolute Gasteiger partial charge is 0.315 e. The number of hydrogen-bond donors (Lipinski definition) is 4. The number of rotatable bonds is 11. The molecule has 0 bridgehead atoms. The number of amides is 4. The van der Waals surface area contributed by atoms with Crippen molar-refractivity contribution in [1.82, 2.24) is 31.2 Å². The van der Waals surface area contributed by atoms with E-state index in [9.17, 15) is 9.59 Å². The first-order chi connectivity index (χ1) is 13.7. The van der Waals surface area contributed by atoms with Gasteiger partial charge in [0.15, 0.2) is 0 Å². The number of aromatic nitrogens is 2. The van der Waals surface area contributed by atoms with Crippen LogP contribution in [0.25, 0.3) is 0 Å².